The molecule has 1 unspecified atom stereocenters. The summed E-state index contributed by atoms with van der Waals surface area (Å²) < 4.78 is 38.9. The minimum atomic E-state index is -3.41. The first-order chi connectivity index (χ1) is 9.47. The molecule has 2 heterocycles. The Morgan fingerprint density at radius 3 is 3.00 bits per heavy atom. The van der Waals surface area contributed by atoms with E-state index in [1.54, 1.807) is 12.1 Å². The number of alkyl halides is 2. The third-order valence-electron chi connectivity index (χ3n) is 2.94. The Kier molecular flexibility index (Phi) is 3.21. The number of fused-ring (bicyclic) bond motifs is 1. The van der Waals surface area contributed by atoms with Crippen molar-refractivity contribution in [3.05, 3.63) is 17.2 Å². The summed E-state index contributed by atoms with van der Waals surface area (Å²) in [4.78, 5) is 10.9. The van der Waals surface area contributed by atoms with E-state index in [-0.39, 0.29) is 6.54 Å². The molecule has 1 aliphatic heterocycles. The molecular weight excluding hydrogens is 312 g/mol. The number of rotatable bonds is 3. The number of hydrogen-bond acceptors (Lipinski definition) is 6. The third-order valence-corrected chi connectivity index (χ3v) is 3.80. The van der Waals surface area contributed by atoms with Crippen molar-refractivity contribution in [3.63, 3.8) is 0 Å². The summed E-state index contributed by atoms with van der Waals surface area (Å²) in [6, 6.07) is 3.36. The number of ether oxygens (including phenoxy) is 1. The lowest BCUT2D eigenvalue weighted by molar-refractivity contribution is -0.158. The summed E-state index contributed by atoms with van der Waals surface area (Å²) in [6.07, 6.45) is -1.53. The monoisotopic (exact) mass is 319 g/mol. The number of carbonyl (C=O) groups is 1. The highest BCUT2D eigenvalue weighted by Crippen LogP contribution is 2.33. The molecule has 1 atom stereocenters. The largest absolute Gasteiger partial charge is 0.456 e. The van der Waals surface area contributed by atoms with Gasteiger partial charge in [0.05, 0.1) is 35.4 Å². The minimum absolute atomic E-state index is 0.0394. The predicted octanol–water partition coefficient (Wildman–Crippen LogP) is 2.71. The number of esters is 1. The van der Waals surface area contributed by atoms with Crippen LogP contribution in [0.4, 0.5) is 14.5 Å². The van der Waals surface area contributed by atoms with Crippen LogP contribution in [0.15, 0.2) is 12.1 Å². The molecular formula is C11H8ClF2N3O2S. The van der Waals surface area contributed by atoms with Crippen molar-refractivity contribution in [2.24, 2.45) is 0 Å². The molecule has 106 valence electrons. The van der Waals surface area contributed by atoms with E-state index in [1.807, 2.05) is 0 Å². The van der Waals surface area contributed by atoms with Crippen LogP contribution in [0.25, 0.3) is 11.0 Å². The van der Waals surface area contributed by atoms with Crippen LogP contribution in [0, 0.1) is 0 Å². The van der Waals surface area contributed by atoms with Gasteiger partial charge in [-0.05, 0) is 12.1 Å². The lowest BCUT2D eigenvalue weighted by Crippen LogP contribution is -2.22. The molecule has 3 rings (SSSR count). The van der Waals surface area contributed by atoms with E-state index in [9.17, 15) is 13.6 Å². The molecule has 5 nitrogen and oxygen atoms in total. The number of cyclic esters (lactones) is 1. The van der Waals surface area contributed by atoms with Crippen molar-refractivity contribution in [2.45, 2.75) is 18.4 Å². The van der Waals surface area contributed by atoms with Crippen LogP contribution in [-0.2, 0) is 9.53 Å². The molecule has 0 amide bonds. The standard InChI is InChI=1S/C11H8ClF2N3O2S/c12-6-1-2-7-9(17-20-16-7)8(6)15-4-5-3-11(13,14)10(18)19-5/h1-2,5,15H,3-4H2. The lowest BCUT2D eigenvalue weighted by atomic mass is 10.2. The smallest absolute Gasteiger partial charge is 0.377 e. The van der Waals surface area contributed by atoms with Gasteiger partial charge >= 0.3 is 11.9 Å². The van der Waals surface area contributed by atoms with Crippen LogP contribution < -0.4 is 5.32 Å². The molecule has 1 N–H and O–H groups in total. The maximum Gasteiger partial charge on any atom is 0.377 e. The van der Waals surface area contributed by atoms with E-state index in [2.05, 4.69) is 18.8 Å². The van der Waals surface area contributed by atoms with Crippen LogP contribution in [0.5, 0.6) is 0 Å². The number of carbonyl (C=O) groups excluding carboxylic acids is 1. The number of aromatic nitrogens is 2. The van der Waals surface area contributed by atoms with Crippen LogP contribution >= 0.6 is 23.3 Å². The van der Waals surface area contributed by atoms with Gasteiger partial charge in [0.2, 0.25) is 0 Å². The Labute approximate surface area is 121 Å². The second-order valence-corrected chi connectivity index (χ2v) is 5.31. The highest BCUT2D eigenvalue weighted by atomic mass is 35.5. The summed E-state index contributed by atoms with van der Waals surface area (Å²) in [5.74, 6) is -4.89. The number of nitrogens with zero attached hydrogens (tertiary/aromatic N) is 2. The summed E-state index contributed by atoms with van der Waals surface area (Å²) >= 11 is 7.08. The summed E-state index contributed by atoms with van der Waals surface area (Å²) in [5, 5.41) is 3.31. The quantitative estimate of drug-likeness (QED) is 0.881. The fourth-order valence-electron chi connectivity index (χ4n) is 1.97. The first-order valence-electron chi connectivity index (χ1n) is 5.71. The highest BCUT2D eigenvalue weighted by Gasteiger charge is 2.50. The van der Waals surface area contributed by atoms with Gasteiger partial charge in [0.15, 0.2) is 0 Å². The van der Waals surface area contributed by atoms with Gasteiger partial charge < -0.3 is 10.1 Å². The second kappa shape index (κ2) is 4.78. The maximum atomic E-state index is 13.0. The third kappa shape index (κ3) is 2.29. The molecule has 0 bridgehead atoms. The van der Waals surface area contributed by atoms with E-state index in [4.69, 9.17) is 11.6 Å². The van der Waals surface area contributed by atoms with E-state index in [1.165, 1.54) is 0 Å². The predicted molar refractivity (Wildman–Crippen MR) is 70.4 cm³/mol. The molecule has 1 fully saturated rings. The number of nitrogens with one attached hydrogen (secondary N) is 1. The number of benzene rings is 1. The lowest BCUT2D eigenvalue weighted by Gasteiger charge is -2.12. The Balaban J connectivity index is 1.76. The molecule has 2 aromatic rings. The van der Waals surface area contributed by atoms with Gasteiger partial charge in [-0.25, -0.2) is 4.79 Å². The average molecular weight is 320 g/mol. The first kappa shape index (κ1) is 13.4. The van der Waals surface area contributed by atoms with E-state index >= 15 is 0 Å². The Bertz CT molecular complexity index is 679. The first-order valence-corrected chi connectivity index (χ1v) is 6.82. The van der Waals surface area contributed by atoms with E-state index in [0.29, 0.717) is 21.7 Å². The van der Waals surface area contributed by atoms with Crippen LogP contribution in [0.1, 0.15) is 6.42 Å². The summed E-state index contributed by atoms with van der Waals surface area (Å²) in [7, 11) is 0. The van der Waals surface area contributed by atoms with Crippen LogP contribution in [-0.4, -0.2) is 33.3 Å². The SMILES string of the molecule is O=C1OC(CNc2c(Cl)ccc3nsnc23)CC1(F)F. The molecule has 20 heavy (non-hydrogen) atoms. The van der Waals surface area contributed by atoms with Crippen molar-refractivity contribution in [2.75, 3.05) is 11.9 Å². The van der Waals surface area contributed by atoms with Gasteiger partial charge in [0.25, 0.3) is 0 Å². The molecule has 0 aliphatic carbocycles. The Morgan fingerprint density at radius 1 is 1.50 bits per heavy atom. The summed E-state index contributed by atoms with van der Waals surface area (Å²) in [5.41, 5.74) is 1.73. The molecule has 9 heteroatoms. The van der Waals surface area contributed by atoms with Crippen molar-refractivity contribution in [1.82, 2.24) is 8.75 Å². The van der Waals surface area contributed by atoms with Gasteiger partial charge in [-0.1, -0.05) is 11.6 Å². The highest BCUT2D eigenvalue weighted by molar-refractivity contribution is 7.00. The maximum absolute atomic E-state index is 13.0. The van der Waals surface area contributed by atoms with Crippen molar-refractivity contribution >= 4 is 46.0 Å². The Morgan fingerprint density at radius 2 is 2.30 bits per heavy atom. The van der Waals surface area contributed by atoms with Crippen LogP contribution in [0.3, 0.4) is 0 Å². The number of anilines is 1. The molecule has 1 aliphatic rings. The molecule has 0 radical (unpaired) electrons. The summed E-state index contributed by atoms with van der Waals surface area (Å²) in [6.45, 7) is 0.0394. The molecule has 1 aromatic heterocycles. The number of halogens is 3. The molecule has 1 aromatic carbocycles. The van der Waals surface area contributed by atoms with Crippen molar-refractivity contribution in [1.29, 1.82) is 0 Å². The minimum Gasteiger partial charge on any atom is -0.456 e. The topological polar surface area (TPSA) is 64.1 Å². The molecule has 0 spiro atoms. The fraction of sp³-hybridized carbons (Fsp3) is 0.364. The van der Waals surface area contributed by atoms with Crippen LogP contribution in [0.2, 0.25) is 5.02 Å². The zero-order valence-corrected chi connectivity index (χ0v) is 11.5. The van der Waals surface area contributed by atoms with Gasteiger partial charge in [-0.3, -0.25) is 0 Å². The van der Waals surface area contributed by atoms with E-state index in [0.717, 1.165) is 11.7 Å². The second-order valence-electron chi connectivity index (χ2n) is 4.37. The zero-order valence-electron chi connectivity index (χ0n) is 9.90. The zero-order chi connectivity index (χ0) is 14.3. The van der Waals surface area contributed by atoms with Gasteiger partial charge in [-0.15, -0.1) is 0 Å². The van der Waals surface area contributed by atoms with Gasteiger partial charge in [-0.2, -0.15) is 17.5 Å². The van der Waals surface area contributed by atoms with Gasteiger partial charge in [0.1, 0.15) is 17.1 Å². The molecule has 1 saturated heterocycles. The van der Waals surface area contributed by atoms with Crippen molar-refractivity contribution in [3.8, 4) is 0 Å². The average Bonchev–Trinajstić information content (AvgIpc) is 2.93. The Hall–Kier alpha value is -1.54. The number of hydrogen-bond donors (Lipinski definition) is 1. The normalized spacial score (nSPS) is 21.1. The van der Waals surface area contributed by atoms with E-state index < -0.39 is 24.4 Å². The molecule has 0 saturated carbocycles. The fourth-order valence-corrected chi connectivity index (χ4v) is 2.74. The van der Waals surface area contributed by atoms with Crippen molar-refractivity contribution < 1.29 is 18.3 Å². The van der Waals surface area contributed by atoms with Gasteiger partial charge in [0, 0.05) is 0 Å².